The van der Waals surface area contributed by atoms with Gasteiger partial charge in [0.2, 0.25) is 15.8 Å². The number of methoxy groups -OCH3 is 1. The van der Waals surface area contributed by atoms with Crippen LogP contribution in [0.25, 0.3) is 0 Å². The summed E-state index contributed by atoms with van der Waals surface area (Å²) in [6, 6.07) is 10.4. The predicted octanol–water partition coefficient (Wildman–Crippen LogP) is 3.96. The third-order valence-electron chi connectivity index (χ3n) is 4.60. The van der Waals surface area contributed by atoms with Crippen LogP contribution in [0.3, 0.4) is 0 Å². The van der Waals surface area contributed by atoms with Gasteiger partial charge in [-0.25, -0.2) is 8.42 Å². The van der Waals surface area contributed by atoms with Crippen LogP contribution in [0.1, 0.15) is 25.7 Å². The van der Waals surface area contributed by atoms with Crippen LogP contribution in [0, 0.1) is 10.1 Å². The zero-order valence-corrected chi connectivity index (χ0v) is 16.4. The normalized spacial score (nSPS) is 15.6. The molecule has 0 aromatic heterocycles. The first kappa shape index (κ1) is 20.1. The summed E-state index contributed by atoms with van der Waals surface area (Å²) in [5.74, 6) is 0.860. The van der Waals surface area contributed by atoms with E-state index < -0.39 is 20.6 Å². The van der Waals surface area contributed by atoms with Gasteiger partial charge in [0.1, 0.15) is 11.5 Å². The molecule has 0 saturated carbocycles. The smallest absolute Gasteiger partial charge is 0.312 e. The first-order valence-electron chi connectivity index (χ1n) is 9.02. The minimum atomic E-state index is -3.79. The standard InChI is InChI=1S/C19H22N2O6S/c1-26-15-7-6-8-16(13-15)27-19-10-9-17(14-18(19)21(22)23)28(24,25)20-11-4-2-3-5-12-20/h6-10,13-14H,2-5,11-12H2,1H3. The molecule has 1 heterocycles. The van der Waals surface area contributed by atoms with Crippen LogP contribution in [0.2, 0.25) is 0 Å². The van der Waals surface area contributed by atoms with Gasteiger partial charge in [-0.2, -0.15) is 4.31 Å². The van der Waals surface area contributed by atoms with Crippen LogP contribution in [0.15, 0.2) is 47.4 Å². The van der Waals surface area contributed by atoms with Crippen LogP contribution in [-0.4, -0.2) is 37.8 Å². The number of ether oxygens (including phenoxy) is 2. The van der Waals surface area contributed by atoms with Gasteiger partial charge in [0.05, 0.1) is 16.9 Å². The van der Waals surface area contributed by atoms with Gasteiger partial charge in [0.25, 0.3) is 0 Å². The van der Waals surface area contributed by atoms with Crippen molar-refractivity contribution in [1.82, 2.24) is 4.31 Å². The van der Waals surface area contributed by atoms with E-state index in [0.717, 1.165) is 31.7 Å². The fraction of sp³-hybridized carbons (Fsp3) is 0.368. The summed E-state index contributed by atoms with van der Waals surface area (Å²) >= 11 is 0. The van der Waals surface area contributed by atoms with Gasteiger partial charge in [0, 0.05) is 25.2 Å². The lowest BCUT2D eigenvalue weighted by molar-refractivity contribution is -0.385. The Hall–Kier alpha value is -2.65. The number of nitro groups is 1. The highest BCUT2D eigenvalue weighted by Gasteiger charge is 2.28. The molecule has 2 aromatic carbocycles. The van der Waals surface area contributed by atoms with E-state index >= 15 is 0 Å². The van der Waals surface area contributed by atoms with Crippen molar-refractivity contribution in [2.24, 2.45) is 0 Å². The van der Waals surface area contributed by atoms with Crippen molar-refractivity contribution in [2.45, 2.75) is 30.6 Å². The Balaban J connectivity index is 1.93. The highest BCUT2D eigenvalue weighted by molar-refractivity contribution is 7.89. The summed E-state index contributed by atoms with van der Waals surface area (Å²) in [5, 5.41) is 11.5. The summed E-state index contributed by atoms with van der Waals surface area (Å²) < 4.78 is 38.0. The lowest BCUT2D eigenvalue weighted by Gasteiger charge is -2.20. The summed E-state index contributed by atoms with van der Waals surface area (Å²) in [7, 11) is -2.28. The molecule has 2 aromatic rings. The Morgan fingerprint density at radius 2 is 1.68 bits per heavy atom. The molecule has 28 heavy (non-hydrogen) atoms. The Kier molecular flexibility index (Phi) is 6.15. The molecule has 0 radical (unpaired) electrons. The monoisotopic (exact) mass is 406 g/mol. The third-order valence-corrected chi connectivity index (χ3v) is 6.49. The van der Waals surface area contributed by atoms with E-state index in [4.69, 9.17) is 9.47 Å². The molecule has 0 unspecified atom stereocenters. The number of hydrogen-bond donors (Lipinski definition) is 0. The molecule has 0 atom stereocenters. The first-order valence-corrected chi connectivity index (χ1v) is 10.5. The Labute approximate surface area is 163 Å². The number of nitrogens with zero attached hydrogens (tertiary/aromatic N) is 2. The quantitative estimate of drug-likeness (QED) is 0.532. The van der Waals surface area contributed by atoms with Crippen LogP contribution in [0.5, 0.6) is 17.2 Å². The average molecular weight is 406 g/mol. The second-order valence-electron chi connectivity index (χ2n) is 6.49. The molecule has 0 bridgehead atoms. The third kappa shape index (κ3) is 4.42. The van der Waals surface area contributed by atoms with E-state index in [1.165, 1.54) is 23.5 Å². The largest absolute Gasteiger partial charge is 0.497 e. The molecular weight excluding hydrogens is 384 g/mol. The maximum absolute atomic E-state index is 12.9. The van der Waals surface area contributed by atoms with Crippen molar-refractivity contribution in [3.8, 4) is 17.2 Å². The lowest BCUT2D eigenvalue weighted by atomic mass is 10.2. The van der Waals surface area contributed by atoms with Crippen LogP contribution >= 0.6 is 0 Å². The van der Waals surface area contributed by atoms with Crippen LogP contribution < -0.4 is 9.47 Å². The topological polar surface area (TPSA) is 99.0 Å². The van der Waals surface area contributed by atoms with Crippen molar-refractivity contribution in [2.75, 3.05) is 20.2 Å². The van der Waals surface area contributed by atoms with E-state index in [0.29, 0.717) is 24.6 Å². The van der Waals surface area contributed by atoms with Crippen molar-refractivity contribution in [3.63, 3.8) is 0 Å². The first-order chi connectivity index (χ1) is 13.4. The molecule has 8 nitrogen and oxygen atoms in total. The number of nitro benzene ring substituents is 1. The maximum Gasteiger partial charge on any atom is 0.312 e. The average Bonchev–Trinajstić information content (AvgIpc) is 2.98. The van der Waals surface area contributed by atoms with Crippen molar-refractivity contribution in [1.29, 1.82) is 0 Å². The van der Waals surface area contributed by atoms with E-state index in [2.05, 4.69) is 0 Å². The molecule has 0 spiro atoms. The van der Waals surface area contributed by atoms with E-state index in [9.17, 15) is 18.5 Å². The lowest BCUT2D eigenvalue weighted by Crippen LogP contribution is -2.31. The second kappa shape index (κ2) is 8.57. The van der Waals surface area contributed by atoms with Crippen LogP contribution in [-0.2, 0) is 10.0 Å². The molecular formula is C19H22N2O6S. The van der Waals surface area contributed by atoms with Crippen LogP contribution in [0.4, 0.5) is 5.69 Å². The van der Waals surface area contributed by atoms with Crippen molar-refractivity contribution >= 4 is 15.7 Å². The van der Waals surface area contributed by atoms with Crippen molar-refractivity contribution in [3.05, 3.63) is 52.6 Å². The molecule has 150 valence electrons. The number of benzene rings is 2. The van der Waals surface area contributed by atoms with E-state index in [1.807, 2.05) is 0 Å². The van der Waals surface area contributed by atoms with Gasteiger partial charge in [-0.15, -0.1) is 0 Å². The Morgan fingerprint density at radius 1 is 1.00 bits per heavy atom. The zero-order valence-electron chi connectivity index (χ0n) is 15.5. The molecule has 0 aliphatic carbocycles. The number of rotatable bonds is 6. The fourth-order valence-corrected chi connectivity index (χ4v) is 4.65. The van der Waals surface area contributed by atoms with Gasteiger partial charge in [-0.3, -0.25) is 10.1 Å². The molecule has 9 heteroatoms. The summed E-state index contributed by atoms with van der Waals surface area (Å²) in [5.41, 5.74) is -0.404. The van der Waals surface area contributed by atoms with Gasteiger partial charge in [0.15, 0.2) is 0 Å². The minimum Gasteiger partial charge on any atom is -0.497 e. The van der Waals surface area contributed by atoms with Gasteiger partial charge >= 0.3 is 5.69 Å². The fourth-order valence-electron chi connectivity index (χ4n) is 3.11. The molecule has 3 rings (SSSR count). The Bertz CT molecular complexity index is 953. The molecule has 1 fully saturated rings. The Morgan fingerprint density at radius 3 is 2.32 bits per heavy atom. The highest BCUT2D eigenvalue weighted by atomic mass is 32.2. The summed E-state index contributed by atoms with van der Waals surface area (Å²) in [4.78, 5) is 10.8. The molecule has 0 N–H and O–H groups in total. The molecule has 1 saturated heterocycles. The molecule has 1 aliphatic rings. The van der Waals surface area contributed by atoms with Gasteiger partial charge < -0.3 is 9.47 Å². The summed E-state index contributed by atoms with van der Waals surface area (Å²) in [6.45, 7) is 0.858. The SMILES string of the molecule is COc1cccc(Oc2ccc(S(=O)(=O)N3CCCCCC3)cc2[N+](=O)[O-])c1. The maximum atomic E-state index is 12.9. The summed E-state index contributed by atoms with van der Waals surface area (Å²) in [6.07, 6.45) is 3.55. The van der Waals surface area contributed by atoms with E-state index in [-0.39, 0.29) is 10.6 Å². The minimum absolute atomic E-state index is 0.0342. The second-order valence-corrected chi connectivity index (χ2v) is 8.42. The predicted molar refractivity (Wildman–Crippen MR) is 103 cm³/mol. The highest BCUT2D eigenvalue weighted by Crippen LogP contribution is 2.35. The van der Waals surface area contributed by atoms with Crippen molar-refractivity contribution < 1.29 is 22.8 Å². The van der Waals surface area contributed by atoms with Gasteiger partial charge in [-0.1, -0.05) is 18.9 Å². The molecule has 1 aliphatic heterocycles. The zero-order chi connectivity index (χ0) is 20.1. The number of sulfonamides is 1. The molecule has 0 amide bonds. The van der Waals surface area contributed by atoms with Gasteiger partial charge in [-0.05, 0) is 37.1 Å². The van der Waals surface area contributed by atoms with E-state index in [1.54, 1.807) is 24.3 Å². The number of hydrogen-bond acceptors (Lipinski definition) is 6.